The molecular weight excluding hydrogens is 297 g/mol. The van der Waals surface area contributed by atoms with Crippen molar-refractivity contribution in [1.82, 2.24) is 5.32 Å². The number of carbonyl (C=O) groups is 2. The SMILES string of the molecule is O=C(O)[C@@H]1CC[C@H](NC(=O)C2(c3cccc(F)c3)CCCC2)C1. The summed E-state index contributed by atoms with van der Waals surface area (Å²) in [6, 6.07) is 6.23. The number of amides is 1. The number of aliphatic carboxylic acids is 1. The minimum Gasteiger partial charge on any atom is -0.481 e. The van der Waals surface area contributed by atoms with Gasteiger partial charge < -0.3 is 10.4 Å². The van der Waals surface area contributed by atoms with E-state index in [1.54, 1.807) is 6.07 Å². The van der Waals surface area contributed by atoms with Crippen LogP contribution in [0.2, 0.25) is 0 Å². The van der Waals surface area contributed by atoms with Gasteiger partial charge in [0.2, 0.25) is 5.91 Å². The van der Waals surface area contributed by atoms with Gasteiger partial charge in [0.05, 0.1) is 11.3 Å². The van der Waals surface area contributed by atoms with E-state index >= 15 is 0 Å². The van der Waals surface area contributed by atoms with Crippen molar-refractivity contribution in [2.75, 3.05) is 0 Å². The Bertz CT molecular complexity index is 610. The van der Waals surface area contributed by atoms with Crippen molar-refractivity contribution in [2.24, 2.45) is 5.92 Å². The fraction of sp³-hybridized carbons (Fsp3) is 0.556. The summed E-state index contributed by atoms with van der Waals surface area (Å²) in [6.45, 7) is 0. The topological polar surface area (TPSA) is 66.4 Å². The second-order valence-corrected chi connectivity index (χ2v) is 6.82. The molecule has 0 spiro atoms. The molecule has 1 amide bonds. The zero-order chi connectivity index (χ0) is 16.4. The summed E-state index contributed by atoms with van der Waals surface area (Å²) in [5, 5.41) is 12.1. The molecule has 3 rings (SSSR count). The van der Waals surface area contributed by atoms with E-state index in [4.69, 9.17) is 5.11 Å². The van der Waals surface area contributed by atoms with Crippen LogP contribution in [0, 0.1) is 11.7 Å². The fourth-order valence-electron chi connectivity index (χ4n) is 4.07. The molecule has 0 bridgehead atoms. The normalized spacial score (nSPS) is 26.1. The summed E-state index contributed by atoms with van der Waals surface area (Å²) in [4.78, 5) is 24.0. The zero-order valence-electron chi connectivity index (χ0n) is 13.1. The van der Waals surface area contributed by atoms with Crippen molar-refractivity contribution < 1.29 is 19.1 Å². The Balaban J connectivity index is 1.76. The Morgan fingerprint density at radius 1 is 1.22 bits per heavy atom. The summed E-state index contributed by atoms with van der Waals surface area (Å²) >= 11 is 0. The zero-order valence-corrected chi connectivity index (χ0v) is 13.1. The molecule has 0 saturated heterocycles. The van der Waals surface area contributed by atoms with Crippen molar-refractivity contribution in [1.29, 1.82) is 0 Å². The van der Waals surface area contributed by atoms with Gasteiger partial charge in [0.25, 0.3) is 0 Å². The number of hydrogen-bond donors (Lipinski definition) is 2. The number of rotatable bonds is 4. The molecule has 1 aromatic carbocycles. The fourth-order valence-corrected chi connectivity index (χ4v) is 4.07. The molecule has 5 heteroatoms. The van der Waals surface area contributed by atoms with Gasteiger partial charge in [-0.05, 0) is 49.8 Å². The average Bonchev–Trinajstić information content (AvgIpc) is 3.17. The van der Waals surface area contributed by atoms with E-state index in [2.05, 4.69) is 5.32 Å². The second-order valence-electron chi connectivity index (χ2n) is 6.82. The van der Waals surface area contributed by atoms with Crippen molar-refractivity contribution in [3.63, 3.8) is 0 Å². The van der Waals surface area contributed by atoms with Crippen LogP contribution in [0.15, 0.2) is 24.3 Å². The number of hydrogen-bond acceptors (Lipinski definition) is 2. The summed E-state index contributed by atoms with van der Waals surface area (Å²) in [6.07, 6.45) is 5.13. The Morgan fingerprint density at radius 2 is 1.96 bits per heavy atom. The van der Waals surface area contributed by atoms with E-state index in [0.29, 0.717) is 19.3 Å². The van der Waals surface area contributed by atoms with Crippen molar-refractivity contribution in [3.8, 4) is 0 Å². The predicted molar refractivity (Wildman–Crippen MR) is 83.5 cm³/mol. The molecule has 0 aromatic heterocycles. The first-order chi connectivity index (χ1) is 11.0. The molecule has 23 heavy (non-hydrogen) atoms. The lowest BCUT2D eigenvalue weighted by Gasteiger charge is -2.30. The van der Waals surface area contributed by atoms with E-state index in [9.17, 15) is 14.0 Å². The molecule has 2 fully saturated rings. The van der Waals surface area contributed by atoms with Crippen LogP contribution in [-0.2, 0) is 15.0 Å². The van der Waals surface area contributed by atoms with Crippen molar-refractivity contribution in [3.05, 3.63) is 35.6 Å². The van der Waals surface area contributed by atoms with Gasteiger partial charge >= 0.3 is 5.97 Å². The molecular formula is C18H22FNO3. The van der Waals surface area contributed by atoms with Gasteiger partial charge in [-0.3, -0.25) is 9.59 Å². The van der Waals surface area contributed by atoms with Crippen LogP contribution in [0.25, 0.3) is 0 Å². The van der Waals surface area contributed by atoms with Gasteiger partial charge in [-0.2, -0.15) is 0 Å². The average molecular weight is 319 g/mol. The van der Waals surface area contributed by atoms with E-state index in [1.165, 1.54) is 12.1 Å². The summed E-state index contributed by atoms with van der Waals surface area (Å²) in [7, 11) is 0. The first-order valence-electron chi connectivity index (χ1n) is 8.31. The largest absolute Gasteiger partial charge is 0.481 e. The van der Waals surface area contributed by atoms with Crippen molar-refractivity contribution >= 4 is 11.9 Å². The standard InChI is InChI=1S/C18H22FNO3/c19-14-5-3-4-13(11-14)18(8-1-2-9-18)17(23)20-15-7-6-12(10-15)16(21)22/h3-5,11-12,15H,1-2,6-10H2,(H,20,23)(H,21,22)/t12-,15+/m1/s1. The van der Waals surface area contributed by atoms with Crippen LogP contribution in [0.3, 0.4) is 0 Å². The summed E-state index contributed by atoms with van der Waals surface area (Å²) in [5.41, 5.74) is 0.0731. The molecule has 4 nitrogen and oxygen atoms in total. The molecule has 2 aliphatic carbocycles. The number of carboxylic acid groups (broad SMARTS) is 1. The number of halogens is 1. The van der Waals surface area contributed by atoms with Gasteiger partial charge in [-0.1, -0.05) is 25.0 Å². The lowest BCUT2D eigenvalue weighted by Crippen LogP contribution is -2.46. The lowest BCUT2D eigenvalue weighted by molar-refractivity contribution is -0.141. The van der Waals surface area contributed by atoms with Crippen LogP contribution < -0.4 is 5.32 Å². The predicted octanol–water partition coefficient (Wildman–Crippen LogP) is 3.01. The van der Waals surface area contributed by atoms with E-state index < -0.39 is 11.4 Å². The highest BCUT2D eigenvalue weighted by molar-refractivity contribution is 5.89. The molecule has 0 unspecified atom stereocenters. The van der Waals surface area contributed by atoms with Crippen molar-refractivity contribution in [2.45, 2.75) is 56.4 Å². The number of nitrogens with one attached hydrogen (secondary N) is 1. The summed E-state index contributed by atoms with van der Waals surface area (Å²) < 4.78 is 13.6. The van der Waals surface area contributed by atoms with Crippen LogP contribution >= 0.6 is 0 Å². The molecule has 124 valence electrons. The smallest absolute Gasteiger partial charge is 0.306 e. The minimum absolute atomic E-state index is 0.0726. The van der Waals surface area contributed by atoms with E-state index in [-0.39, 0.29) is 23.7 Å². The number of carbonyl (C=O) groups excluding carboxylic acids is 1. The number of benzene rings is 1. The van der Waals surface area contributed by atoms with Crippen LogP contribution in [0.4, 0.5) is 4.39 Å². The van der Waals surface area contributed by atoms with E-state index in [1.807, 2.05) is 6.07 Å². The van der Waals surface area contributed by atoms with Crippen LogP contribution in [0.5, 0.6) is 0 Å². The highest BCUT2D eigenvalue weighted by Crippen LogP contribution is 2.42. The lowest BCUT2D eigenvalue weighted by atomic mass is 9.77. The minimum atomic E-state index is -0.789. The Labute approximate surface area is 135 Å². The quantitative estimate of drug-likeness (QED) is 0.896. The van der Waals surface area contributed by atoms with Crippen LogP contribution in [-0.4, -0.2) is 23.0 Å². The van der Waals surface area contributed by atoms with Gasteiger partial charge in [-0.15, -0.1) is 0 Å². The first-order valence-corrected chi connectivity index (χ1v) is 8.31. The highest BCUT2D eigenvalue weighted by Gasteiger charge is 2.44. The van der Waals surface area contributed by atoms with Gasteiger partial charge in [0, 0.05) is 6.04 Å². The molecule has 0 heterocycles. The molecule has 2 aliphatic rings. The third-order valence-corrected chi connectivity index (χ3v) is 5.39. The Hall–Kier alpha value is -1.91. The second kappa shape index (κ2) is 6.30. The van der Waals surface area contributed by atoms with Crippen LogP contribution in [0.1, 0.15) is 50.5 Å². The Kier molecular flexibility index (Phi) is 4.37. The third-order valence-electron chi connectivity index (χ3n) is 5.39. The third kappa shape index (κ3) is 3.09. The number of carboxylic acids is 1. The monoisotopic (exact) mass is 319 g/mol. The molecule has 2 atom stereocenters. The molecule has 1 aromatic rings. The van der Waals surface area contributed by atoms with Gasteiger partial charge in [-0.25, -0.2) is 4.39 Å². The molecule has 2 saturated carbocycles. The first kappa shape index (κ1) is 16.0. The maximum Gasteiger partial charge on any atom is 0.306 e. The maximum absolute atomic E-state index is 13.6. The highest BCUT2D eigenvalue weighted by atomic mass is 19.1. The maximum atomic E-state index is 13.6. The van der Waals surface area contributed by atoms with Gasteiger partial charge in [0.15, 0.2) is 0 Å². The van der Waals surface area contributed by atoms with Gasteiger partial charge in [0.1, 0.15) is 5.82 Å². The molecule has 0 aliphatic heterocycles. The Morgan fingerprint density at radius 3 is 2.57 bits per heavy atom. The molecule has 0 radical (unpaired) electrons. The van der Waals surface area contributed by atoms with E-state index in [0.717, 1.165) is 31.2 Å². The molecule has 2 N–H and O–H groups in total. The summed E-state index contributed by atoms with van der Waals surface area (Å²) in [5.74, 6) is -1.55.